The molecule has 0 heterocycles. The molecule has 3 aromatic rings. The summed E-state index contributed by atoms with van der Waals surface area (Å²) >= 11 is 0. The van der Waals surface area contributed by atoms with E-state index in [2.05, 4.69) is 70.2 Å². The first kappa shape index (κ1) is 29.4. The maximum atomic E-state index is 7.54. The van der Waals surface area contributed by atoms with Gasteiger partial charge in [0.15, 0.2) is 0 Å². The summed E-state index contributed by atoms with van der Waals surface area (Å²) in [6.07, 6.45) is 3.34. The molecule has 1 aliphatic carbocycles. The van der Waals surface area contributed by atoms with Crippen LogP contribution < -0.4 is 24.8 Å². The number of hydrogen-bond acceptors (Lipinski definition) is 0. The Kier molecular flexibility index (Phi) is 11.8. The van der Waals surface area contributed by atoms with Gasteiger partial charge in [0.05, 0.1) is 0 Å². The first-order valence-electron chi connectivity index (χ1n) is 9.78. The number of hydrogen-bond donors (Lipinski definition) is 0. The van der Waals surface area contributed by atoms with E-state index in [1.807, 2.05) is 26.0 Å². The van der Waals surface area contributed by atoms with Crippen molar-refractivity contribution in [1.29, 1.82) is 0 Å². The van der Waals surface area contributed by atoms with Gasteiger partial charge in [0.2, 0.25) is 0 Å². The smallest absolute Gasteiger partial charge is 1.00 e. The van der Waals surface area contributed by atoms with E-state index in [4.69, 9.17) is 5.73 Å². The normalized spacial score (nSPS) is 12.1. The second-order valence-corrected chi connectivity index (χ2v) is 7.92. The van der Waals surface area contributed by atoms with Crippen LogP contribution in [0.2, 0.25) is 0 Å². The predicted octanol–water partition coefficient (Wildman–Crippen LogP) is 2.45. The molecule has 0 amide bonds. The van der Waals surface area contributed by atoms with Crippen molar-refractivity contribution in [3.8, 4) is 0 Å². The van der Waals surface area contributed by atoms with Crippen LogP contribution in [0.4, 0.5) is 5.69 Å². The number of allylic oxidation sites excluding steroid dienone is 4. The van der Waals surface area contributed by atoms with Crippen molar-refractivity contribution in [1.82, 2.24) is 0 Å². The molecule has 1 N–H and O–H groups in total. The van der Waals surface area contributed by atoms with E-state index in [0.717, 1.165) is 23.1 Å². The largest absolute Gasteiger partial charge is 2.00 e. The van der Waals surface area contributed by atoms with Crippen molar-refractivity contribution in [2.24, 2.45) is 0 Å². The average Bonchev–Trinajstić information content (AvgIpc) is 2.99. The van der Waals surface area contributed by atoms with Crippen LogP contribution in [-0.2, 0) is 21.7 Å². The van der Waals surface area contributed by atoms with Gasteiger partial charge in [0.25, 0.3) is 0 Å². The minimum atomic E-state index is 0. The van der Waals surface area contributed by atoms with Gasteiger partial charge in [-0.2, -0.15) is 12.5 Å². The molecule has 0 saturated carbocycles. The van der Waals surface area contributed by atoms with Crippen LogP contribution in [0.15, 0.2) is 65.8 Å². The van der Waals surface area contributed by atoms with Gasteiger partial charge in [-0.1, -0.05) is 81.3 Å². The second-order valence-electron chi connectivity index (χ2n) is 7.92. The van der Waals surface area contributed by atoms with Crippen molar-refractivity contribution in [3.63, 3.8) is 0 Å². The summed E-state index contributed by atoms with van der Waals surface area (Å²) in [6.45, 7) is 14.7. The van der Waals surface area contributed by atoms with Crippen molar-refractivity contribution in [2.75, 3.05) is 0 Å². The Morgan fingerprint density at radius 2 is 1.42 bits per heavy atom. The molecule has 3 aromatic carbocycles. The van der Waals surface area contributed by atoms with Crippen LogP contribution in [0.25, 0.3) is 22.1 Å². The van der Waals surface area contributed by atoms with E-state index in [1.165, 1.54) is 38.6 Å². The summed E-state index contributed by atoms with van der Waals surface area (Å²) in [5.74, 6) is 0. The topological polar surface area (TPSA) is 23.8 Å². The molecule has 0 aliphatic heterocycles. The molecule has 0 aromatic heterocycles. The average molecular weight is 486 g/mol. The van der Waals surface area contributed by atoms with Gasteiger partial charge in [-0.15, -0.1) is 28.8 Å². The molecular weight excluding hydrogens is 457 g/mol. The minimum Gasteiger partial charge on any atom is -1.00 e. The van der Waals surface area contributed by atoms with Crippen molar-refractivity contribution < 1.29 is 46.5 Å². The monoisotopic (exact) mass is 485 g/mol. The standard InChI is InChI=1S/C18H17.C9H12N.2ClH.Ti/c1-12-10-13(2)18(11-12)17-9-8-15-6-4-5-7-16(15)14(17)3;1-6-4-7(2)9(10)8(3)5-6;;;/h4-10H,3,11H2,1-2H3;4-5,10H,1-3H3;2*1H;/q2*-1;;;+2/p-2. The Balaban J connectivity index is 0.000000604. The van der Waals surface area contributed by atoms with Crippen LogP contribution in [0.5, 0.6) is 0 Å². The number of fused-ring (bicyclic) bond motifs is 1. The van der Waals surface area contributed by atoms with Gasteiger partial charge in [0, 0.05) is 0 Å². The van der Waals surface area contributed by atoms with E-state index in [-0.39, 0.29) is 46.5 Å². The zero-order valence-corrected chi connectivity index (χ0v) is 21.9. The maximum Gasteiger partial charge on any atom is 2.00 e. The molecule has 4 heteroatoms. The molecule has 0 unspecified atom stereocenters. The zero-order valence-electron chi connectivity index (χ0n) is 18.9. The predicted molar refractivity (Wildman–Crippen MR) is 124 cm³/mol. The van der Waals surface area contributed by atoms with Crippen LogP contribution >= 0.6 is 0 Å². The third kappa shape index (κ3) is 6.67. The number of nitrogens with one attached hydrogen (secondary N) is 1. The first-order valence-corrected chi connectivity index (χ1v) is 9.78. The Morgan fingerprint density at radius 3 is 1.97 bits per heavy atom. The molecule has 1 aliphatic rings. The zero-order chi connectivity index (χ0) is 20.4. The van der Waals surface area contributed by atoms with Crippen LogP contribution in [0.1, 0.15) is 48.1 Å². The Bertz CT molecular complexity index is 1090. The molecular formula is C27H29Cl2NTi-2. The SMILES string of the molecule is Cc1cc(C)c([NH-])c(C)c1.[CH2-]c1c(C2=C(C)C=C(C)C2)ccc2ccccc12.[Cl-].[Cl-].[Ti+2]. The third-order valence-corrected chi connectivity index (χ3v) is 5.44. The van der Waals surface area contributed by atoms with Gasteiger partial charge in [-0.05, 0) is 41.0 Å². The molecule has 0 radical (unpaired) electrons. The van der Waals surface area contributed by atoms with E-state index in [9.17, 15) is 0 Å². The molecule has 0 atom stereocenters. The summed E-state index contributed by atoms with van der Waals surface area (Å²) in [7, 11) is 0. The summed E-state index contributed by atoms with van der Waals surface area (Å²) in [4.78, 5) is 0. The van der Waals surface area contributed by atoms with Crippen LogP contribution in [0, 0.1) is 27.7 Å². The molecule has 4 rings (SSSR count). The number of rotatable bonds is 1. The third-order valence-electron chi connectivity index (χ3n) is 5.44. The number of aryl methyl sites for hydroxylation is 3. The maximum absolute atomic E-state index is 7.54. The van der Waals surface area contributed by atoms with Crippen LogP contribution in [-0.4, -0.2) is 0 Å². The number of benzene rings is 3. The Labute approximate surface area is 214 Å². The molecule has 1 nitrogen and oxygen atoms in total. The van der Waals surface area contributed by atoms with Gasteiger partial charge < -0.3 is 30.5 Å². The van der Waals surface area contributed by atoms with Crippen LogP contribution in [0.3, 0.4) is 0 Å². The number of halogens is 2. The molecule has 31 heavy (non-hydrogen) atoms. The summed E-state index contributed by atoms with van der Waals surface area (Å²) in [5.41, 5.74) is 18.3. The fourth-order valence-electron chi connectivity index (χ4n) is 4.03. The fourth-order valence-corrected chi connectivity index (χ4v) is 4.03. The summed E-state index contributed by atoms with van der Waals surface area (Å²) in [6, 6.07) is 17.0. The van der Waals surface area contributed by atoms with Crippen molar-refractivity contribution >= 4 is 22.0 Å². The molecule has 0 fully saturated rings. The second kappa shape index (κ2) is 12.4. The van der Waals surface area contributed by atoms with E-state index >= 15 is 0 Å². The molecule has 0 saturated heterocycles. The van der Waals surface area contributed by atoms with Crippen molar-refractivity contribution in [3.05, 3.63) is 106 Å². The molecule has 162 valence electrons. The van der Waals surface area contributed by atoms with Gasteiger partial charge in [-0.3, -0.25) is 0 Å². The van der Waals surface area contributed by atoms with E-state index in [0.29, 0.717) is 5.69 Å². The van der Waals surface area contributed by atoms with E-state index < -0.39 is 0 Å². The van der Waals surface area contributed by atoms with Gasteiger partial charge >= 0.3 is 21.7 Å². The minimum absolute atomic E-state index is 0. The Hall–Kier alpha value is -1.64. The van der Waals surface area contributed by atoms with Gasteiger partial charge in [0.1, 0.15) is 0 Å². The first-order chi connectivity index (χ1) is 13.3. The fraction of sp³-hybridized carbons (Fsp3) is 0.222. The summed E-state index contributed by atoms with van der Waals surface area (Å²) < 4.78 is 0. The van der Waals surface area contributed by atoms with E-state index in [1.54, 1.807) is 0 Å². The summed E-state index contributed by atoms with van der Waals surface area (Å²) in [5, 5.41) is 2.53. The molecule has 0 spiro atoms. The van der Waals surface area contributed by atoms with Crippen molar-refractivity contribution in [2.45, 2.75) is 41.0 Å². The van der Waals surface area contributed by atoms with Gasteiger partial charge in [-0.25, -0.2) is 0 Å². The molecule has 0 bridgehead atoms. The Morgan fingerprint density at radius 1 is 0.839 bits per heavy atom. The quantitative estimate of drug-likeness (QED) is 0.373.